The van der Waals surface area contributed by atoms with Crippen LogP contribution in [0.3, 0.4) is 0 Å². The highest BCUT2D eigenvalue weighted by atomic mass is 32.2. The van der Waals surface area contributed by atoms with Crippen molar-refractivity contribution in [2.24, 2.45) is 0 Å². The van der Waals surface area contributed by atoms with Crippen molar-refractivity contribution in [2.75, 3.05) is 30.0 Å². The maximum Gasteiger partial charge on any atom is 0.339 e. The number of halogens is 1. The van der Waals surface area contributed by atoms with E-state index in [0.29, 0.717) is 6.54 Å². The van der Waals surface area contributed by atoms with Crippen molar-refractivity contribution in [3.8, 4) is 0 Å². The fraction of sp³-hybridized carbons (Fsp3) is 0.455. The third-order valence-electron chi connectivity index (χ3n) is 2.07. The molecule has 0 atom stereocenters. The minimum atomic E-state index is -1.21. The number of carboxylic acids is 1. The molecule has 3 N–H and O–H groups in total. The average molecular weight is 274 g/mol. The van der Waals surface area contributed by atoms with E-state index in [9.17, 15) is 9.18 Å². The van der Waals surface area contributed by atoms with Crippen LogP contribution >= 0.6 is 11.8 Å². The highest BCUT2D eigenvalue weighted by Crippen LogP contribution is 2.13. The molecule has 0 radical (unpaired) electrons. The smallest absolute Gasteiger partial charge is 0.339 e. The molecule has 0 aliphatic carbocycles. The maximum absolute atomic E-state index is 12.9. The van der Waals surface area contributed by atoms with Crippen molar-refractivity contribution < 1.29 is 19.4 Å². The van der Waals surface area contributed by atoms with E-state index in [-0.39, 0.29) is 18.0 Å². The molecule has 18 heavy (non-hydrogen) atoms. The number of thioether (sulfide) groups is 1. The lowest BCUT2D eigenvalue weighted by Crippen LogP contribution is -2.11. The number of aliphatic hydroxyl groups excluding tert-OH is 1. The molecule has 7 heteroatoms. The number of carboxylic acid groups (broad SMARTS) is 1. The van der Waals surface area contributed by atoms with Crippen LogP contribution in [0.2, 0.25) is 0 Å². The lowest BCUT2D eigenvalue weighted by atomic mass is 10.2. The molecule has 1 heterocycles. The fourth-order valence-corrected chi connectivity index (χ4v) is 2.04. The topological polar surface area (TPSA) is 82.5 Å². The van der Waals surface area contributed by atoms with Gasteiger partial charge in [0.05, 0.1) is 6.20 Å². The van der Waals surface area contributed by atoms with Crippen molar-refractivity contribution in [1.29, 1.82) is 0 Å². The van der Waals surface area contributed by atoms with Crippen LogP contribution in [0.15, 0.2) is 12.3 Å². The molecule has 1 aromatic heterocycles. The molecule has 0 aliphatic rings. The first-order valence-corrected chi connectivity index (χ1v) is 6.62. The Morgan fingerprint density at radius 2 is 2.28 bits per heavy atom. The van der Waals surface area contributed by atoms with Crippen molar-refractivity contribution in [2.45, 2.75) is 6.42 Å². The summed E-state index contributed by atoms with van der Waals surface area (Å²) in [6.07, 6.45) is 1.72. The fourth-order valence-electron chi connectivity index (χ4n) is 1.25. The quantitative estimate of drug-likeness (QED) is 0.622. The highest BCUT2D eigenvalue weighted by Gasteiger charge is 2.12. The first kappa shape index (κ1) is 14.7. The molecule has 0 aliphatic heterocycles. The van der Waals surface area contributed by atoms with E-state index in [0.717, 1.165) is 30.2 Å². The number of rotatable bonds is 8. The summed E-state index contributed by atoms with van der Waals surface area (Å²) in [5.74, 6) is -0.0989. The molecule has 0 unspecified atom stereocenters. The summed E-state index contributed by atoms with van der Waals surface area (Å²) >= 11 is 1.64. The van der Waals surface area contributed by atoms with Gasteiger partial charge in [-0.1, -0.05) is 0 Å². The van der Waals surface area contributed by atoms with Crippen LogP contribution < -0.4 is 5.32 Å². The zero-order chi connectivity index (χ0) is 13.4. The Labute approximate surface area is 108 Å². The molecule has 0 amide bonds. The molecule has 0 saturated heterocycles. The number of pyridine rings is 1. The van der Waals surface area contributed by atoms with E-state index < -0.39 is 11.8 Å². The predicted molar refractivity (Wildman–Crippen MR) is 68.7 cm³/mol. The zero-order valence-electron chi connectivity index (χ0n) is 9.73. The van der Waals surface area contributed by atoms with Gasteiger partial charge >= 0.3 is 5.97 Å². The Bertz CT molecular complexity index is 404. The van der Waals surface area contributed by atoms with Gasteiger partial charge in [0, 0.05) is 18.9 Å². The Hall–Kier alpha value is -1.34. The number of aliphatic hydroxyl groups is 1. The first-order chi connectivity index (χ1) is 8.65. The van der Waals surface area contributed by atoms with Gasteiger partial charge < -0.3 is 15.5 Å². The number of aromatic carboxylic acids is 1. The molecule has 5 nitrogen and oxygen atoms in total. The van der Waals surface area contributed by atoms with E-state index in [4.69, 9.17) is 10.2 Å². The van der Waals surface area contributed by atoms with E-state index in [2.05, 4.69) is 10.3 Å². The number of hydrogen-bond donors (Lipinski definition) is 3. The monoisotopic (exact) mass is 274 g/mol. The normalized spacial score (nSPS) is 10.3. The van der Waals surface area contributed by atoms with Crippen LogP contribution in [-0.2, 0) is 0 Å². The maximum atomic E-state index is 12.9. The Morgan fingerprint density at radius 1 is 1.50 bits per heavy atom. The van der Waals surface area contributed by atoms with Gasteiger partial charge in [0.1, 0.15) is 17.2 Å². The molecule has 0 fully saturated rings. The number of nitrogens with one attached hydrogen (secondary N) is 1. The van der Waals surface area contributed by atoms with Crippen molar-refractivity contribution in [3.63, 3.8) is 0 Å². The van der Waals surface area contributed by atoms with Crippen LogP contribution in [0.25, 0.3) is 0 Å². The van der Waals surface area contributed by atoms with Gasteiger partial charge in [0.25, 0.3) is 0 Å². The Balaban J connectivity index is 2.44. The van der Waals surface area contributed by atoms with Crippen molar-refractivity contribution in [3.05, 3.63) is 23.6 Å². The first-order valence-electron chi connectivity index (χ1n) is 5.46. The lowest BCUT2D eigenvalue weighted by molar-refractivity contribution is 0.0697. The summed E-state index contributed by atoms with van der Waals surface area (Å²) in [5, 5.41) is 20.3. The van der Waals surface area contributed by atoms with E-state index in [1.165, 1.54) is 0 Å². The Morgan fingerprint density at radius 3 is 2.94 bits per heavy atom. The van der Waals surface area contributed by atoms with E-state index in [1.807, 2.05) is 0 Å². The summed E-state index contributed by atoms with van der Waals surface area (Å²) < 4.78 is 12.9. The molecule has 1 rings (SSSR count). The minimum Gasteiger partial charge on any atom is -0.478 e. The van der Waals surface area contributed by atoms with Crippen molar-refractivity contribution >= 4 is 23.5 Å². The van der Waals surface area contributed by atoms with Crippen molar-refractivity contribution in [1.82, 2.24) is 4.98 Å². The predicted octanol–water partition coefficient (Wildman–Crippen LogP) is 1.45. The molecule has 0 spiro atoms. The molecule has 100 valence electrons. The average Bonchev–Trinajstić information content (AvgIpc) is 2.35. The van der Waals surface area contributed by atoms with Gasteiger partial charge in [-0.3, -0.25) is 0 Å². The number of hydrogen-bond acceptors (Lipinski definition) is 5. The van der Waals surface area contributed by atoms with Gasteiger partial charge in [0.2, 0.25) is 0 Å². The minimum absolute atomic E-state index is 0.170. The molecule has 0 bridgehead atoms. The summed E-state index contributed by atoms with van der Waals surface area (Å²) in [6.45, 7) is 0.706. The summed E-state index contributed by atoms with van der Waals surface area (Å²) in [6, 6.07) is 0.941. The molecule has 0 aromatic carbocycles. The standard InChI is InChI=1S/C11H15FN2O3S/c12-8-6-9(11(16)17)10(14-7-8)13-2-5-18-4-1-3-15/h6-7,15H,1-5H2,(H,13,14)(H,16,17). The molecular formula is C11H15FN2O3S. The second-order valence-electron chi connectivity index (χ2n) is 3.47. The molecule has 0 saturated carbocycles. The van der Waals surface area contributed by atoms with Crippen LogP contribution in [0.4, 0.5) is 10.2 Å². The Kier molecular flexibility index (Phi) is 6.45. The number of carbonyl (C=O) groups is 1. The third kappa shape index (κ3) is 4.89. The second-order valence-corrected chi connectivity index (χ2v) is 4.70. The van der Waals surface area contributed by atoms with Gasteiger partial charge in [-0.15, -0.1) is 0 Å². The van der Waals surface area contributed by atoms with Crippen LogP contribution in [0, 0.1) is 5.82 Å². The number of anilines is 1. The van der Waals surface area contributed by atoms with Crippen LogP contribution in [0.1, 0.15) is 16.8 Å². The van der Waals surface area contributed by atoms with Gasteiger partial charge in [-0.25, -0.2) is 14.2 Å². The van der Waals surface area contributed by atoms with Crippen LogP contribution in [0.5, 0.6) is 0 Å². The van der Waals surface area contributed by atoms with Gasteiger partial charge in [-0.2, -0.15) is 11.8 Å². The zero-order valence-corrected chi connectivity index (χ0v) is 10.5. The summed E-state index contributed by atoms with van der Waals surface area (Å²) in [7, 11) is 0. The van der Waals surface area contributed by atoms with E-state index >= 15 is 0 Å². The van der Waals surface area contributed by atoms with Gasteiger partial charge in [0.15, 0.2) is 0 Å². The van der Waals surface area contributed by atoms with Gasteiger partial charge in [-0.05, 0) is 18.2 Å². The number of aromatic nitrogens is 1. The molecular weight excluding hydrogens is 259 g/mol. The SMILES string of the molecule is O=C(O)c1cc(F)cnc1NCCSCCCO. The summed E-state index contributed by atoms with van der Waals surface area (Å²) in [5.41, 5.74) is -0.171. The van der Waals surface area contributed by atoms with Crippen LogP contribution in [-0.4, -0.2) is 45.8 Å². The number of nitrogens with zero attached hydrogens (tertiary/aromatic N) is 1. The third-order valence-corrected chi connectivity index (χ3v) is 3.14. The second kappa shape index (κ2) is 7.88. The molecule has 1 aromatic rings. The largest absolute Gasteiger partial charge is 0.478 e. The lowest BCUT2D eigenvalue weighted by Gasteiger charge is -2.08. The summed E-state index contributed by atoms with van der Waals surface area (Å²) in [4.78, 5) is 14.6. The van der Waals surface area contributed by atoms with E-state index in [1.54, 1.807) is 11.8 Å². The highest BCUT2D eigenvalue weighted by molar-refractivity contribution is 7.99.